The lowest BCUT2D eigenvalue weighted by atomic mass is 9.91. The largest absolute Gasteiger partial charge is 0.492 e. The molecule has 0 fully saturated rings. The average Bonchev–Trinajstić information content (AvgIpc) is 2.49. The minimum Gasteiger partial charge on any atom is -0.492 e. The lowest BCUT2D eigenvalue weighted by Crippen LogP contribution is -2.09. The Morgan fingerprint density at radius 1 is 1.54 bits per heavy atom. The minimum atomic E-state index is -0.915. The highest BCUT2D eigenvalue weighted by atomic mass is 16.5. The van der Waals surface area contributed by atoms with Gasteiger partial charge in [0.1, 0.15) is 19.2 Å². The summed E-state index contributed by atoms with van der Waals surface area (Å²) >= 11 is 0. The molecular weight excluding hydrogens is 167 g/mol. The van der Waals surface area contributed by atoms with E-state index >= 15 is 0 Å². The first-order chi connectivity index (χ1) is 6.18. The molecule has 0 saturated carbocycles. The van der Waals surface area contributed by atoms with Crippen LogP contribution in [0, 0.1) is 0 Å². The Labute approximate surface area is 76.7 Å². The van der Waals surface area contributed by atoms with E-state index in [1.807, 2.05) is 13.9 Å². The van der Waals surface area contributed by atoms with Crippen molar-refractivity contribution in [2.24, 2.45) is 0 Å². The molecule has 1 N–H and O–H groups in total. The highest BCUT2D eigenvalue weighted by Crippen LogP contribution is 2.28. The maximum atomic E-state index is 10.8. The quantitative estimate of drug-likeness (QED) is 0.591. The third-order valence-electron chi connectivity index (χ3n) is 2.16. The van der Waals surface area contributed by atoms with E-state index in [-0.39, 0.29) is 5.56 Å². The van der Waals surface area contributed by atoms with Gasteiger partial charge in [0.25, 0.3) is 0 Å². The molecule has 1 aliphatic rings. The fourth-order valence-electron chi connectivity index (χ4n) is 1.63. The van der Waals surface area contributed by atoms with Gasteiger partial charge in [0.2, 0.25) is 0 Å². The van der Waals surface area contributed by atoms with Gasteiger partial charge in [-0.05, 0) is 5.56 Å². The molecule has 0 atom stereocenters. The summed E-state index contributed by atoms with van der Waals surface area (Å²) in [7, 11) is 1.89. The predicted octanol–water partition coefficient (Wildman–Crippen LogP) is -0.422. The monoisotopic (exact) mass is 176 g/mol. The summed E-state index contributed by atoms with van der Waals surface area (Å²) in [6.45, 7) is 0.596. The van der Waals surface area contributed by atoms with Gasteiger partial charge in [0, 0.05) is 6.42 Å². The van der Waals surface area contributed by atoms with Gasteiger partial charge in [-0.2, -0.15) is 0 Å². The minimum absolute atomic E-state index is 0.285. The van der Waals surface area contributed by atoms with E-state index in [2.05, 4.69) is 0 Å². The summed E-state index contributed by atoms with van der Waals surface area (Å²) in [5.74, 6) is -0.361. The summed E-state index contributed by atoms with van der Waals surface area (Å²) in [5, 5.41) is 8.89. The molecule has 0 radical (unpaired) electrons. The Morgan fingerprint density at radius 2 is 2.31 bits per heavy atom. The molecule has 2 rings (SSSR count). The first-order valence-electron chi connectivity index (χ1n) is 4.18. The molecule has 4 heteroatoms. The van der Waals surface area contributed by atoms with Crippen LogP contribution in [-0.4, -0.2) is 25.5 Å². The summed E-state index contributed by atoms with van der Waals surface area (Å²) < 4.78 is 5.27. The SMILES string of the molecule is Bc1cc2c(c(C(=O)O)c1)OCC2. The van der Waals surface area contributed by atoms with Crippen LogP contribution in [0.5, 0.6) is 5.75 Å². The Hall–Kier alpha value is -1.45. The topological polar surface area (TPSA) is 46.5 Å². The highest BCUT2D eigenvalue weighted by molar-refractivity contribution is 6.32. The second-order valence-electron chi connectivity index (χ2n) is 3.20. The van der Waals surface area contributed by atoms with Crippen molar-refractivity contribution in [3.05, 3.63) is 23.3 Å². The van der Waals surface area contributed by atoms with Crippen molar-refractivity contribution in [1.82, 2.24) is 0 Å². The van der Waals surface area contributed by atoms with E-state index in [0.717, 1.165) is 17.4 Å². The van der Waals surface area contributed by atoms with Crippen LogP contribution in [0.1, 0.15) is 15.9 Å². The molecule has 13 heavy (non-hydrogen) atoms. The van der Waals surface area contributed by atoms with Gasteiger partial charge >= 0.3 is 5.97 Å². The molecule has 1 aromatic rings. The zero-order chi connectivity index (χ0) is 9.42. The van der Waals surface area contributed by atoms with Gasteiger partial charge in [-0.15, -0.1) is 0 Å². The van der Waals surface area contributed by atoms with Crippen molar-refractivity contribution < 1.29 is 14.6 Å². The highest BCUT2D eigenvalue weighted by Gasteiger charge is 2.20. The first kappa shape index (κ1) is 8.17. The molecule has 0 amide bonds. The number of rotatable bonds is 1. The molecule has 0 aliphatic carbocycles. The van der Waals surface area contributed by atoms with Gasteiger partial charge in [0.15, 0.2) is 0 Å². The average molecular weight is 176 g/mol. The Balaban J connectivity index is 2.62. The molecule has 3 nitrogen and oxygen atoms in total. The van der Waals surface area contributed by atoms with Crippen LogP contribution < -0.4 is 10.2 Å². The Morgan fingerprint density at radius 3 is 3.00 bits per heavy atom. The summed E-state index contributed by atoms with van der Waals surface area (Å²) in [6.07, 6.45) is 0.817. The van der Waals surface area contributed by atoms with Gasteiger partial charge < -0.3 is 9.84 Å². The third-order valence-corrected chi connectivity index (χ3v) is 2.16. The van der Waals surface area contributed by atoms with Crippen molar-refractivity contribution in [3.63, 3.8) is 0 Å². The fourth-order valence-corrected chi connectivity index (χ4v) is 1.63. The van der Waals surface area contributed by atoms with Crippen molar-refractivity contribution in [1.29, 1.82) is 0 Å². The van der Waals surface area contributed by atoms with E-state index in [0.29, 0.717) is 12.4 Å². The maximum absolute atomic E-state index is 10.8. The molecule has 0 saturated heterocycles. The smallest absolute Gasteiger partial charge is 0.339 e. The Bertz CT molecular complexity index is 373. The number of ether oxygens (including phenoxy) is 1. The second-order valence-corrected chi connectivity index (χ2v) is 3.20. The molecule has 1 aromatic carbocycles. The number of hydrogen-bond acceptors (Lipinski definition) is 2. The molecule has 66 valence electrons. The van der Waals surface area contributed by atoms with E-state index in [1.165, 1.54) is 0 Å². The van der Waals surface area contributed by atoms with Crippen molar-refractivity contribution >= 4 is 19.3 Å². The van der Waals surface area contributed by atoms with Crippen LogP contribution in [0.15, 0.2) is 12.1 Å². The lowest BCUT2D eigenvalue weighted by Gasteiger charge is -2.04. The van der Waals surface area contributed by atoms with Crippen LogP contribution in [0.3, 0.4) is 0 Å². The fraction of sp³-hybridized carbons (Fsp3) is 0.222. The number of fused-ring (bicyclic) bond motifs is 1. The molecule has 0 bridgehead atoms. The Kier molecular flexibility index (Phi) is 1.76. The number of carboxylic acids is 1. The molecule has 0 aromatic heterocycles. The van der Waals surface area contributed by atoms with Crippen LogP contribution in [0.4, 0.5) is 0 Å². The molecule has 0 spiro atoms. The van der Waals surface area contributed by atoms with E-state index < -0.39 is 5.97 Å². The molecular formula is C9H9BO3. The van der Waals surface area contributed by atoms with Gasteiger partial charge in [-0.1, -0.05) is 17.6 Å². The maximum Gasteiger partial charge on any atom is 0.339 e. The zero-order valence-corrected chi connectivity index (χ0v) is 7.33. The normalized spacial score (nSPS) is 13.5. The van der Waals surface area contributed by atoms with Crippen LogP contribution >= 0.6 is 0 Å². The van der Waals surface area contributed by atoms with Gasteiger partial charge in [-0.25, -0.2) is 4.79 Å². The van der Waals surface area contributed by atoms with Crippen LogP contribution in [0.2, 0.25) is 0 Å². The van der Waals surface area contributed by atoms with E-state index in [4.69, 9.17) is 9.84 Å². The molecule has 0 unspecified atom stereocenters. The van der Waals surface area contributed by atoms with Crippen LogP contribution in [-0.2, 0) is 6.42 Å². The van der Waals surface area contributed by atoms with Crippen LogP contribution in [0.25, 0.3) is 0 Å². The van der Waals surface area contributed by atoms with Crippen molar-refractivity contribution in [3.8, 4) is 5.75 Å². The second kappa shape index (κ2) is 2.80. The zero-order valence-electron chi connectivity index (χ0n) is 7.33. The molecule has 1 heterocycles. The number of benzene rings is 1. The number of carboxylic acid groups (broad SMARTS) is 1. The number of aromatic carboxylic acids is 1. The van der Waals surface area contributed by atoms with E-state index in [1.54, 1.807) is 6.07 Å². The predicted molar refractivity (Wildman–Crippen MR) is 50.8 cm³/mol. The van der Waals surface area contributed by atoms with Gasteiger partial charge in [0.05, 0.1) is 6.61 Å². The standard InChI is InChI=1S/C9H9BO3/c10-6-3-5-1-2-13-8(5)7(4-6)9(11)12/h3-4H,1-2,10H2,(H,11,12). The van der Waals surface area contributed by atoms with Crippen molar-refractivity contribution in [2.75, 3.05) is 6.61 Å². The summed E-state index contributed by atoms with van der Waals surface area (Å²) in [6, 6.07) is 3.63. The number of carbonyl (C=O) groups is 1. The van der Waals surface area contributed by atoms with E-state index in [9.17, 15) is 4.79 Å². The lowest BCUT2D eigenvalue weighted by molar-refractivity contribution is 0.0693. The number of hydrogen-bond donors (Lipinski definition) is 1. The van der Waals surface area contributed by atoms with Crippen molar-refractivity contribution in [2.45, 2.75) is 6.42 Å². The molecule has 1 aliphatic heterocycles. The first-order valence-corrected chi connectivity index (χ1v) is 4.18. The van der Waals surface area contributed by atoms with Gasteiger partial charge in [-0.3, -0.25) is 0 Å². The summed E-state index contributed by atoms with van der Waals surface area (Å²) in [4.78, 5) is 10.8. The third kappa shape index (κ3) is 1.28. The summed E-state index contributed by atoms with van der Waals surface area (Å²) in [5.41, 5.74) is 2.27.